The number of carbonyl (C=O) groups is 3. The van der Waals surface area contributed by atoms with Crippen LogP contribution in [0, 0.1) is 22.0 Å². The van der Waals surface area contributed by atoms with Crippen molar-refractivity contribution in [1.82, 2.24) is 10.6 Å². The topological polar surface area (TPSA) is 157 Å². The predicted molar refractivity (Wildman–Crippen MR) is 119 cm³/mol. The summed E-state index contributed by atoms with van der Waals surface area (Å²) in [6, 6.07) is 4.66. The second-order valence-electron chi connectivity index (χ2n) is 8.43. The number of nitrogens with one attached hydrogen (secondary N) is 2. The van der Waals surface area contributed by atoms with E-state index in [4.69, 9.17) is 14.6 Å². The van der Waals surface area contributed by atoms with Crippen molar-refractivity contribution in [3.63, 3.8) is 0 Å². The number of non-ortho nitro benzene ring substituents is 1. The van der Waals surface area contributed by atoms with Gasteiger partial charge >= 0.3 is 18.2 Å². The van der Waals surface area contributed by atoms with Gasteiger partial charge in [0.25, 0.3) is 5.69 Å². The maximum atomic E-state index is 12.6. The van der Waals surface area contributed by atoms with Gasteiger partial charge in [-0.3, -0.25) is 14.9 Å². The van der Waals surface area contributed by atoms with Crippen LogP contribution >= 0.6 is 11.8 Å². The van der Waals surface area contributed by atoms with Crippen molar-refractivity contribution in [2.24, 2.45) is 11.8 Å². The highest BCUT2D eigenvalue weighted by Gasteiger charge is 2.49. The summed E-state index contributed by atoms with van der Waals surface area (Å²) in [5, 5.41) is 25.6. The summed E-state index contributed by atoms with van der Waals surface area (Å²) >= 11 is 1.66. The van der Waals surface area contributed by atoms with Gasteiger partial charge in [-0.25, -0.2) is 9.59 Å². The molecule has 1 aromatic rings. The summed E-state index contributed by atoms with van der Waals surface area (Å²) < 4.78 is 10.9. The minimum atomic E-state index is -0.945. The Morgan fingerprint density at radius 3 is 2.58 bits per heavy atom. The highest BCUT2D eigenvalue weighted by molar-refractivity contribution is 8.00. The van der Waals surface area contributed by atoms with Crippen LogP contribution in [0.4, 0.5) is 15.3 Å². The molecule has 0 radical (unpaired) electrons. The molecule has 180 valence electrons. The number of amides is 2. The summed E-state index contributed by atoms with van der Waals surface area (Å²) in [5.74, 6) is -0.399. The summed E-state index contributed by atoms with van der Waals surface area (Å²) in [7, 11) is 0. The minimum Gasteiger partial charge on any atom is -0.481 e. The van der Waals surface area contributed by atoms with Crippen LogP contribution in [0.15, 0.2) is 24.3 Å². The van der Waals surface area contributed by atoms with Crippen LogP contribution in [0.25, 0.3) is 0 Å². The first kappa shape index (κ1) is 24.6. The van der Waals surface area contributed by atoms with Gasteiger partial charge in [-0.1, -0.05) is 13.8 Å². The number of benzene rings is 1. The van der Waals surface area contributed by atoms with Crippen LogP contribution in [0.3, 0.4) is 0 Å². The molecule has 3 rings (SSSR count). The lowest BCUT2D eigenvalue weighted by Gasteiger charge is -2.35. The van der Waals surface area contributed by atoms with E-state index in [9.17, 15) is 24.5 Å². The van der Waals surface area contributed by atoms with Crippen molar-refractivity contribution in [2.75, 3.05) is 5.75 Å². The Labute approximate surface area is 194 Å². The van der Waals surface area contributed by atoms with E-state index < -0.39 is 23.2 Å². The summed E-state index contributed by atoms with van der Waals surface area (Å²) in [6.07, 6.45) is -0.640. The lowest BCUT2D eigenvalue weighted by Crippen LogP contribution is -2.46. The zero-order valence-corrected chi connectivity index (χ0v) is 19.1. The van der Waals surface area contributed by atoms with Gasteiger partial charge in [-0.05, 0) is 30.9 Å². The van der Waals surface area contributed by atoms with Crippen LogP contribution in [-0.4, -0.2) is 57.4 Å². The molecule has 2 amide bonds. The fourth-order valence-corrected chi connectivity index (χ4v) is 6.03. The first-order valence-electron chi connectivity index (χ1n) is 10.7. The molecule has 0 saturated carbocycles. The van der Waals surface area contributed by atoms with Crippen molar-refractivity contribution < 1.29 is 33.9 Å². The minimum absolute atomic E-state index is 0.00928. The second kappa shape index (κ2) is 10.7. The molecule has 0 aliphatic carbocycles. The number of carbonyl (C=O) groups excluding carboxylic acids is 2. The number of aliphatic carboxylic acids is 1. The van der Waals surface area contributed by atoms with Crippen LogP contribution < -0.4 is 15.4 Å². The van der Waals surface area contributed by atoms with Crippen molar-refractivity contribution in [3.05, 3.63) is 34.4 Å². The number of nitro groups is 1. The van der Waals surface area contributed by atoms with Crippen LogP contribution in [0.5, 0.6) is 5.75 Å². The quantitative estimate of drug-likeness (QED) is 0.150. The van der Waals surface area contributed by atoms with E-state index in [2.05, 4.69) is 10.6 Å². The zero-order valence-electron chi connectivity index (χ0n) is 18.3. The molecule has 3 N–H and O–H groups in total. The number of thioether (sulfide) groups is 1. The number of ether oxygens (including phenoxy) is 2. The molecule has 0 aromatic heterocycles. The predicted octanol–water partition coefficient (Wildman–Crippen LogP) is 3.17. The highest BCUT2D eigenvalue weighted by Crippen LogP contribution is 2.40. The van der Waals surface area contributed by atoms with Crippen molar-refractivity contribution in [1.29, 1.82) is 0 Å². The summed E-state index contributed by atoms with van der Waals surface area (Å²) in [5.41, 5.74) is -0.130. The lowest BCUT2D eigenvalue weighted by molar-refractivity contribution is -0.384. The lowest BCUT2D eigenvalue weighted by atomic mass is 9.83. The maximum absolute atomic E-state index is 12.6. The van der Waals surface area contributed by atoms with Gasteiger partial charge in [-0.15, -0.1) is 0 Å². The normalized spacial score (nSPS) is 23.2. The molecule has 2 heterocycles. The van der Waals surface area contributed by atoms with Crippen molar-refractivity contribution in [2.45, 2.75) is 56.5 Å². The number of carboxylic acid groups (broad SMARTS) is 1. The molecule has 0 spiro atoms. The van der Waals surface area contributed by atoms with Gasteiger partial charge in [0.1, 0.15) is 11.9 Å². The number of hydrogen-bond donors (Lipinski definition) is 3. The molecule has 2 aliphatic heterocycles. The number of rotatable bonds is 10. The number of carboxylic acids is 1. The molecule has 2 saturated heterocycles. The number of hydrogen-bond acceptors (Lipinski definition) is 8. The fraction of sp³-hybridized carbons (Fsp3) is 0.571. The number of nitro benzene ring substituents is 1. The number of urea groups is 1. The number of fused-ring (bicyclic) bond motifs is 1. The van der Waals surface area contributed by atoms with E-state index in [1.807, 2.05) is 13.8 Å². The molecule has 33 heavy (non-hydrogen) atoms. The van der Waals surface area contributed by atoms with E-state index in [0.717, 1.165) is 0 Å². The molecule has 2 aliphatic rings. The Morgan fingerprint density at radius 2 is 1.97 bits per heavy atom. The van der Waals surface area contributed by atoms with Gasteiger partial charge in [-0.2, -0.15) is 11.8 Å². The second-order valence-corrected chi connectivity index (χ2v) is 9.64. The van der Waals surface area contributed by atoms with Gasteiger partial charge in [0, 0.05) is 35.5 Å². The molecular formula is C21H27N3O8S. The van der Waals surface area contributed by atoms with E-state index in [1.165, 1.54) is 24.3 Å². The van der Waals surface area contributed by atoms with Gasteiger partial charge in [0.05, 0.1) is 17.0 Å². The average molecular weight is 482 g/mol. The Hall–Kier alpha value is -3.02. The molecular weight excluding hydrogens is 454 g/mol. The Morgan fingerprint density at radius 1 is 1.27 bits per heavy atom. The monoisotopic (exact) mass is 481 g/mol. The van der Waals surface area contributed by atoms with Crippen LogP contribution in [0.2, 0.25) is 0 Å². The number of nitrogens with zero attached hydrogens (tertiary/aromatic N) is 1. The third kappa shape index (κ3) is 6.28. The van der Waals surface area contributed by atoms with E-state index >= 15 is 0 Å². The third-order valence-corrected chi connectivity index (χ3v) is 7.36. The molecule has 12 heteroatoms. The van der Waals surface area contributed by atoms with E-state index in [1.54, 1.807) is 11.8 Å². The van der Waals surface area contributed by atoms with Gasteiger partial charge in [0.15, 0.2) is 0 Å². The van der Waals surface area contributed by atoms with Gasteiger partial charge < -0.3 is 25.2 Å². The van der Waals surface area contributed by atoms with Gasteiger partial charge in [0.2, 0.25) is 0 Å². The summed E-state index contributed by atoms with van der Waals surface area (Å²) in [4.78, 5) is 45.7. The first-order chi connectivity index (χ1) is 15.7. The van der Waals surface area contributed by atoms with Crippen molar-refractivity contribution >= 4 is 35.6 Å². The smallest absolute Gasteiger partial charge is 0.481 e. The Bertz CT molecular complexity index is 894. The van der Waals surface area contributed by atoms with E-state index in [-0.39, 0.29) is 53.1 Å². The molecule has 5 atom stereocenters. The molecule has 1 aromatic carbocycles. The molecule has 11 nitrogen and oxygen atoms in total. The molecule has 0 bridgehead atoms. The largest absolute Gasteiger partial charge is 0.514 e. The first-order valence-corrected chi connectivity index (χ1v) is 11.7. The van der Waals surface area contributed by atoms with Crippen LogP contribution in [-0.2, 0) is 9.53 Å². The molecule has 2 fully saturated rings. The molecule has 4 unspecified atom stereocenters. The standard InChI is InChI=1S/C21H27N3O8S/c1-11(2)18(32-21(28)31-13-8-6-12(7-9-13)24(29)30)14(4-3-5-16(25)26)19-17-15(10-33-19)22-20(27)23-17/h6-9,11,14-15,17-19H,3-5,10H2,1-2H3,(H,25,26)(H2,22,23,27)/t14?,15?,17?,18?,19-/m0/s1. The van der Waals surface area contributed by atoms with E-state index in [0.29, 0.717) is 18.6 Å². The van der Waals surface area contributed by atoms with Crippen molar-refractivity contribution in [3.8, 4) is 5.75 Å². The SMILES string of the molecule is CC(C)C(OC(=O)Oc1ccc([N+](=O)[O-])cc1)C(CCCC(=O)O)[C@@H]1SCC2NC(=O)NC21. The Balaban J connectivity index is 1.73. The fourth-order valence-electron chi connectivity index (χ4n) is 4.31. The Kier molecular flexibility index (Phi) is 8.01. The maximum Gasteiger partial charge on any atom is 0.514 e. The third-order valence-electron chi connectivity index (χ3n) is 5.78. The zero-order chi connectivity index (χ0) is 24.1. The highest BCUT2D eigenvalue weighted by atomic mass is 32.2. The van der Waals surface area contributed by atoms with Crippen LogP contribution in [0.1, 0.15) is 33.1 Å². The summed E-state index contributed by atoms with van der Waals surface area (Å²) in [6.45, 7) is 3.80. The average Bonchev–Trinajstić information content (AvgIpc) is 3.29.